The Bertz CT molecular complexity index is 770. The highest BCUT2D eigenvalue weighted by Gasteiger charge is 2.32. The summed E-state index contributed by atoms with van der Waals surface area (Å²) in [6, 6.07) is 9.87. The van der Waals surface area contributed by atoms with E-state index in [1.165, 1.54) is 0 Å². The van der Waals surface area contributed by atoms with Crippen LogP contribution in [-0.2, 0) is 11.3 Å². The summed E-state index contributed by atoms with van der Waals surface area (Å²) in [6.45, 7) is 2.55. The number of amides is 1. The average molecular weight is 352 g/mol. The van der Waals surface area contributed by atoms with Crippen LogP contribution in [0.4, 0.5) is 0 Å². The number of nitrogens with zero attached hydrogens (tertiary/aromatic N) is 2. The van der Waals surface area contributed by atoms with Crippen LogP contribution in [0, 0.1) is 0 Å². The van der Waals surface area contributed by atoms with Gasteiger partial charge in [0, 0.05) is 25.0 Å². The van der Waals surface area contributed by atoms with Crippen molar-refractivity contribution in [1.82, 2.24) is 9.88 Å². The summed E-state index contributed by atoms with van der Waals surface area (Å²) in [7, 11) is 1.60. The lowest BCUT2D eigenvalue weighted by Gasteiger charge is -2.23. The SMILES string of the molecule is CC=Cc1ccc(OCC(=O)N(Cc2ccncc2)C2CC2)c(OC)c1. The molecule has 5 heteroatoms. The quantitative estimate of drug-likeness (QED) is 0.727. The van der Waals surface area contributed by atoms with Crippen LogP contribution in [0.15, 0.2) is 48.8 Å². The second-order valence-electron chi connectivity index (χ2n) is 6.31. The van der Waals surface area contributed by atoms with E-state index in [4.69, 9.17) is 9.47 Å². The van der Waals surface area contributed by atoms with E-state index in [9.17, 15) is 4.79 Å². The number of carbonyl (C=O) groups excluding carboxylic acids is 1. The topological polar surface area (TPSA) is 51.7 Å². The Morgan fingerprint density at radius 3 is 2.65 bits per heavy atom. The van der Waals surface area contributed by atoms with Gasteiger partial charge in [-0.2, -0.15) is 0 Å². The molecule has 1 aromatic heterocycles. The second-order valence-corrected chi connectivity index (χ2v) is 6.31. The number of ether oxygens (including phenoxy) is 2. The molecule has 1 fully saturated rings. The Kier molecular flexibility index (Phi) is 5.89. The van der Waals surface area contributed by atoms with Gasteiger partial charge in [-0.05, 0) is 55.2 Å². The molecular formula is C21H24N2O3. The predicted octanol–water partition coefficient (Wildman–Crippen LogP) is 3.69. The molecule has 0 unspecified atom stereocenters. The Balaban J connectivity index is 1.65. The van der Waals surface area contributed by atoms with Crippen molar-refractivity contribution >= 4 is 12.0 Å². The molecule has 0 radical (unpaired) electrons. The molecule has 1 aliphatic carbocycles. The van der Waals surface area contributed by atoms with Crippen molar-refractivity contribution in [3.8, 4) is 11.5 Å². The number of methoxy groups -OCH3 is 1. The number of carbonyl (C=O) groups is 1. The van der Waals surface area contributed by atoms with Crippen LogP contribution < -0.4 is 9.47 Å². The first-order chi connectivity index (χ1) is 12.7. The smallest absolute Gasteiger partial charge is 0.261 e. The van der Waals surface area contributed by atoms with E-state index in [1.807, 2.05) is 54.3 Å². The van der Waals surface area contributed by atoms with E-state index in [2.05, 4.69) is 4.98 Å². The molecule has 1 amide bonds. The first-order valence-electron chi connectivity index (χ1n) is 8.83. The number of allylic oxidation sites excluding steroid dienone is 1. The van der Waals surface area contributed by atoms with Crippen molar-refractivity contribution in [3.63, 3.8) is 0 Å². The molecule has 0 aliphatic heterocycles. The molecular weight excluding hydrogens is 328 g/mol. The van der Waals surface area contributed by atoms with Gasteiger partial charge in [-0.3, -0.25) is 9.78 Å². The minimum atomic E-state index is -0.0103. The summed E-state index contributed by atoms with van der Waals surface area (Å²) >= 11 is 0. The first-order valence-corrected chi connectivity index (χ1v) is 8.83. The predicted molar refractivity (Wildman–Crippen MR) is 101 cm³/mol. The molecule has 0 spiro atoms. The molecule has 136 valence electrons. The minimum Gasteiger partial charge on any atom is -0.493 e. The number of hydrogen-bond donors (Lipinski definition) is 0. The lowest BCUT2D eigenvalue weighted by Crippen LogP contribution is -2.36. The normalized spacial score (nSPS) is 13.6. The molecule has 1 aromatic carbocycles. The standard InChI is InChI=1S/C21H24N2O3/c1-3-4-16-5-8-19(20(13-16)25-2)26-15-21(24)23(18-6-7-18)14-17-9-11-22-12-10-17/h3-5,8-13,18H,6-7,14-15H2,1-2H3. The van der Waals surface area contributed by atoms with Gasteiger partial charge in [0.2, 0.25) is 0 Å². The zero-order valence-corrected chi connectivity index (χ0v) is 15.2. The van der Waals surface area contributed by atoms with Gasteiger partial charge >= 0.3 is 0 Å². The van der Waals surface area contributed by atoms with Gasteiger partial charge < -0.3 is 14.4 Å². The third kappa shape index (κ3) is 4.63. The Hall–Kier alpha value is -2.82. The van der Waals surface area contributed by atoms with Crippen molar-refractivity contribution in [2.45, 2.75) is 32.4 Å². The molecule has 26 heavy (non-hydrogen) atoms. The summed E-state index contributed by atoms with van der Waals surface area (Å²) in [5.41, 5.74) is 2.11. The Morgan fingerprint density at radius 2 is 2.00 bits per heavy atom. The van der Waals surface area contributed by atoms with Crippen LogP contribution in [0.1, 0.15) is 30.9 Å². The summed E-state index contributed by atoms with van der Waals surface area (Å²) in [5, 5.41) is 0. The summed E-state index contributed by atoms with van der Waals surface area (Å²) in [6.07, 6.45) is 9.56. The lowest BCUT2D eigenvalue weighted by atomic mass is 10.2. The molecule has 0 bridgehead atoms. The van der Waals surface area contributed by atoms with Crippen molar-refractivity contribution in [1.29, 1.82) is 0 Å². The largest absolute Gasteiger partial charge is 0.493 e. The molecule has 0 N–H and O–H groups in total. The van der Waals surface area contributed by atoms with Crippen molar-refractivity contribution in [3.05, 3.63) is 59.9 Å². The molecule has 2 aromatic rings. The molecule has 0 atom stereocenters. The zero-order chi connectivity index (χ0) is 18.4. The number of aromatic nitrogens is 1. The van der Waals surface area contributed by atoms with E-state index in [1.54, 1.807) is 19.5 Å². The van der Waals surface area contributed by atoms with Gasteiger partial charge in [0.25, 0.3) is 5.91 Å². The fourth-order valence-electron chi connectivity index (χ4n) is 2.81. The average Bonchev–Trinajstić information content (AvgIpc) is 3.51. The van der Waals surface area contributed by atoms with E-state index < -0.39 is 0 Å². The second kappa shape index (κ2) is 8.52. The fraction of sp³-hybridized carbons (Fsp3) is 0.333. The number of benzene rings is 1. The van der Waals surface area contributed by atoms with Crippen molar-refractivity contribution in [2.75, 3.05) is 13.7 Å². The third-order valence-corrected chi connectivity index (χ3v) is 4.31. The molecule has 1 heterocycles. The highest BCUT2D eigenvalue weighted by Crippen LogP contribution is 2.30. The lowest BCUT2D eigenvalue weighted by molar-refractivity contribution is -0.134. The van der Waals surface area contributed by atoms with Crippen LogP contribution in [-0.4, -0.2) is 35.5 Å². The van der Waals surface area contributed by atoms with Gasteiger partial charge in [-0.15, -0.1) is 0 Å². The Morgan fingerprint density at radius 1 is 1.23 bits per heavy atom. The number of pyridine rings is 1. The van der Waals surface area contributed by atoms with Crippen LogP contribution in [0.3, 0.4) is 0 Å². The van der Waals surface area contributed by atoms with Gasteiger partial charge in [0.1, 0.15) is 0 Å². The summed E-state index contributed by atoms with van der Waals surface area (Å²) < 4.78 is 11.2. The van der Waals surface area contributed by atoms with E-state index in [-0.39, 0.29) is 12.5 Å². The van der Waals surface area contributed by atoms with Gasteiger partial charge in [-0.25, -0.2) is 0 Å². The van der Waals surface area contributed by atoms with Gasteiger partial charge in [-0.1, -0.05) is 18.2 Å². The highest BCUT2D eigenvalue weighted by molar-refractivity contribution is 5.78. The van der Waals surface area contributed by atoms with Crippen LogP contribution in [0.2, 0.25) is 0 Å². The highest BCUT2D eigenvalue weighted by atomic mass is 16.5. The van der Waals surface area contributed by atoms with E-state index in [0.717, 1.165) is 24.0 Å². The van der Waals surface area contributed by atoms with E-state index >= 15 is 0 Å². The van der Waals surface area contributed by atoms with Gasteiger partial charge in [0.05, 0.1) is 7.11 Å². The van der Waals surface area contributed by atoms with E-state index in [0.29, 0.717) is 24.1 Å². The van der Waals surface area contributed by atoms with Crippen LogP contribution in [0.5, 0.6) is 11.5 Å². The Labute approximate surface area is 154 Å². The maximum absolute atomic E-state index is 12.7. The molecule has 0 saturated heterocycles. The van der Waals surface area contributed by atoms with Crippen LogP contribution in [0.25, 0.3) is 6.08 Å². The number of hydrogen-bond acceptors (Lipinski definition) is 4. The van der Waals surface area contributed by atoms with Crippen molar-refractivity contribution in [2.24, 2.45) is 0 Å². The first kappa shape index (κ1) is 18.0. The molecule has 3 rings (SSSR count). The summed E-state index contributed by atoms with van der Waals surface area (Å²) in [5.74, 6) is 1.19. The van der Waals surface area contributed by atoms with Crippen LogP contribution >= 0.6 is 0 Å². The monoisotopic (exact) mass is 352 g/mol. The number of rotatable bonds is 8. The molecule has 5 nitrogen and oxygen atoms in total. The fourth-order valence-corrected chi connectivity index (χ4v) is 2.81. The molecule has 1 aliphatic rings. The molecule has 1 saturated carbocycles. The maximum atomic E-state index is 12.7. The third-order valence-electron chi connectivity index (χ3n) is 4.31. The minimum absolute atomic E-state index is 0.000900. The van der Waals surface area contributed by atoms with Crippen molar-refractivity contribution < 1.29 is 14.3 Å². The van der Waals surface area contributed by atoms with Gasteiger partial charge in [0.15, 0.2) is 18.1 Å². The zero-order valence-electron chi connectivity index (χ0n) is 15.2. The maximum Gasteiger partial charge on any atom is 0.261 e. The summed E-state index contributed by atoms with van der Waals surface area (Å²) in [4.78, 5) is 18.6.